The predicted octanol–water partition coefficient (Wildman–Crippen LogP) is 2.30. The molecule has 4 rings (SSSR count). The maximum atomic E-state index is 16.0. The van der Waals surface area contributed by atoms with Crippen molar-refractivity contribution in [3.63, 3.8) is 0 Å². The second-order valence-electron chi connectivity index (χ2n) is 8.28. The molecular formula is C21H25ClFN2O9P. The van der Waals surface area contributed by atoms with Crippen molar-refractivity contribution in [1.82, 2.24) is 9.55 Å². The number of benzene rings is 1. The first-order valence-corrected chi connectivity index (χ1v) is 12.8. The van der Waals surface area contributed by atoms with Gasteiger partial charge in [0.2, 0.25) is 0 Å². The van der Waals surface area contributed by atoms with Crippen molar-refractivity contribution in [3.05, 3.63) is 67.4 Å². The molecule has 0 saturated carbocycles. The van der Waals surface area contributed by atoms with Gasteiger partial charge in [-0.1, -0.05) is 0 Å². The van der Waals surface area contributed by atoms with Gasteiger partial charge in [-0.2, -0.15) is 0 Å². The summed E-state index contributed by atoms with van der Waals surface area (Å²) in [6.07, 6.45) is -3.26. The fraction of sp³-hybridized carbons (Fsp3) is 0.476. The van der Waals surface area contributed by atoms with E-state index >= 15 is 4.39 Å². The van der Waals surface area contributed by atoms with Crippen molar-refractivity contribution in [2.24, 2.45) is 0 Å². The van der Waals surface area contributed by atoms with Crippen LogP contribution in [0.25, 0.3) is 0 Å². The zero-order valence-corrected chi connectivity index (χ0v) is 20.6. The molecule has 192 valence electrons. The molecule has 0 radical (unpaired) electrons. The van der Waals surface area contributed by atoms with Crippen LogP contribution in [-0.2, 0) is 41.1 Å². The summed E-state index contributed by atoms with van der Waals surface area (Å²) in [6.45, 7) is 2.12. The maximum absolute atomic E-state index is 16.0. The van der Waals surface area contributed by atoms with Gasteiger partial charge in [-0.25, -0.2) is 0 Å². The van der Waals surface area contributed by atoms with E-state index in [2.05, 4.69) is 0 Å². The molecule has 1 aromatic heterocycles. The predicted molar refractivity (Wildman–Crippen MR) is 122 cm³/mol. The SMILES string of the molecule is CCC(=O)O[C@@H]1[C@@H](CO[PH]2(O)OCc3ccc(Cl)cc3CO2)O[C@@H](n2ccc(=O)[nH]c2=O)[C@]1(C)F. The molecular weight excluding hydrogens is 510 g/mol. The number of esters is 1. The Morgan fingerprint density at radius 2 is 2.03 bits per heavy atom. The molecule has 1 aromatic carbocycles. The van der Waals surface area contributed by atoms with E-state index in [-0.39, 0.29) is 19.6 Å². The summed E-state index contributed by atoms with van der Waals surface area (Å²) in [7, 11) is -4.22. The number of alkyl halides is 1. The molecule has 0 spiro atoms. The van der Waals surface area contributed by atoms with Gasteiger partial charge in [0.05, 0.1) is 0 Å². The number of nitrogens with zero attached hydrogens (tertiary/aromatic N) is 1. The third kappa shape index (κ3) is 5.49. The van der Waals surface area contributed by atoms with Crippen LogP contribution in [0, 0.1) is 0 Å². The Bertz CT molecular complexity index is 1220. The topological polar surface area (TPSA) is 138 Å². The van der Waals surface area contributed by atoms with E-state index in [1.54, 1.807) is 18.2 Å². The summed E-state index contributed by atoms with van der Waals surface area (Å²) in [6, 6.07) is 6.13. The number of hydrogen-bond donors (Lipinski definition) is 2. The number of aromatic amines is 1. The van der Waals surface area contributed by atoms with Crippen LogP contribution in [0.4, 0.5) is 4.39 Å². The average Bonchev–Trinajstić information content (AvgIpc) is 2.94. The van der Waals surface area contributed by atoms with E-state index in [4.69, 9.17) is 34.6 Å². The third-order valence-electron chi connectivity index (χ3n) is 5.75. The van der Waals surface area contributed by atoms with Crippen molar-refractivity contribution in [3.8, 4) is 0 Å². The number of aromatic nitrogens is 2. The minimum absolute atomic E-state index is 0.00871. The Morgan fingerprint density at radius 1 is 1.31 bits per heavy atom. The van der Waals surface area contributed by atoms with Gasteiger partial charge in [0.1, 0.15) is 0 Å². The molecule has 11 nitrogen and oxygen atoms in total. The van der Waals surface area contributed by atoms with Crippen LogP contribution in [0.1, 0.15) is 37.6 Å². The van der Waals surface area contributed by atoms with Crippen molar-refractivity contribution in [2.75, 3.05) is 6.61 Å². The molecule has 4 atom stereocenters. The van der Waals surface area contributed by atoms with Gasteiger partial charge in [-0.15, -0.1) is 0 Å². The van der Waals surface area contributed by atoms with Gasteiger partial charge >= 0.3 is 204 Å². The molecule has 2 aromatic rings. The number of carbonyl (C=O) groups is 1. The molecule has 2 N–H and O–H groups in total. The summed E-state index contributed by atoms with van der Waals surface area (Å²) in [5.41, 5.74) is -2.51. The van der Waals surface area contributed by atoms with E-state index in [1.165, 1.54) is 6.92 Å². The molecule has 0 amide bonds. The fourth-order valence-electron chi connectivity index (χ4n) is 3.89. The van der Waals surface area contributed by atoms with Gasteiger partial charge in [0.25, 0.3) is 0 Å². The zero-order valence-electron chi connectivity index (χ0n) is 18.9. The van der Waals surface area contributed by atoms with Crippen molar-refractivity contribution >= 4 is 25.7 Å². The van der Waals surface area contributed by atoms with Crippen LogP contribution in [0.5, 0.6) is 0 Å². The monoisotopic (exact) mass is 534 g/mol. The van der Waals surface area contributed by atoms with Gasteiger partial charge in [-0.3, -0.25) is 0 Å². The number of carbonyl (C=O) groups excluding carboxylic acids is 1. The fourth-order valence-corrected chi connectivity index (χ4v) is 5.38. The van der Waals surface area contributed by atoms with E-state index in [0.29, 0.717) is 10.6 Å². The third-order valence-corrected chi connectivity index (χ3v) is 7.53. The molecule has 0 bridgehead atoms. The Labute approximate surface area is 204 Å². The summed E-state index contributed by atoms with van der Waals surface area (Å²) in [5, 5.41) is 0.492. The van der Waals surface area contributed by atoms with Crippen LogP contribution in [0.3, 0.4) is 0 Å². The van der Waals surface area contributed by atoms with Crippen LogP contribution in [-0.4, -0.2) is 44.9 Å². The van der Waals surface area contributed by atoms with Gasteiger partial charge in [0.15, 0.2) is 0 Å². The van der Waals surface area contributed by atoms with Gasteiger partial charge in [0, 0.05) is 0 Å². The first-order valence-electron chi connectivity index (χ1n) is 10.8. The minimum atomic E-state index is -4.22. The standard InChI is InChI=1S/C21H25ClFN2O9P/c1-3-17(27)34-18-15(33-19(21(18,2)23)25-7-6-16(26)24-20(25)28)11-32-35(29)30-9-12-4-5-14(22)8-13(12)10-31-35/h4-8,15,18-19,29,35H,3,9-11H2,1-2H3,(H,24,26,28)/t15-,18-,19-,21-/m1/s1. The Kier molecular flexibility index (Phi) is 7.44. The van der Waals surface area contributed by atoms with Crippen LogP contribution < -0.4 is 11.2 Å². The van der Waals surface area contributed by atoms with E-state index in [0.717, 1.165) is 29.3 Å². The molecule has 3 heterocycles. The van der Waals surface area contributed by atoms with E-state index in [1.807, 2.05) is 4.98 Å². The van der Waals surface area contributed by atoms with Crippen LogP contribution in [0.15, 0.2) is 40.1 Å². The molecule has 1 fully saturated rings. The number of nitrogens with one attached hydrogen (secondary N) is 1. The van der Waals surface area contributed by atoms with Crippen LogP contribution >= 0.6 is 19.8 Å². The first kappa shape index (κ1) is 25.9. The van der Waals surface area contributed by atoms with Crippen molar-refractivity contribution < 1.29 is 37.1 Å². The van der Waals surface area contributed by atoms with E-state index in [9.17, 15) is 19.3 Å². The normalized spacial score (nSPS) is 28.7. The molecule has 2 aliphatic heterocycles. The van der Waals surface area contributed by atoms with Crippen molar-refractivity contribution in [1.29, 1.82) is 0 Å². The average molecular weight is 535 g/mol. The number of ether oxygens (including phenoxy) is 2. The molecule has 0 aliphatic carbocycles. The molecule has 14 heteroatoms. The molecule has 35 heavy (non-hydrogen) atoms. The number of H-pyrrole nitrogens is 1. The van der Waals surface area contributed by atoms with Crippen molar-refractivity contribution in [2.45, 2.75) is 57.6 Å². The molecule has 1 saturated heterocycles. The second kappa shape index (κ2) is 10.1. The number of fused-ring (bicyclic) bond motifs is 1. The Hall–Kier alpha value is -2.18. The molecule has 0 unspecified atom stereocenters. The summed E-state index contributed by atoms with van der Waals surface area (Å²) < 4.78 is 44.4. The van der Waals surface area contributed by atoms with E-state index < -0.39 is 56.1 Å². The Balaban J connectivity index is 1.54. The Morgan fingerprint density at radius 3 is 2.71 bits per heavy atom. The quantitative estimate of drug-likeness (QED) is 0.422. The first-order chi connectivity index (χ1) is 16.5. The summed E-state index contributed by atoms with van der Waals surface area (Å²) in [5.74, 6) is -0.702. The summed E-state index contributed by atoms with van der Waals surface area (Å²) >= 11 is 6.01. The zero-order chi connectivity index (χ0) is 25.4. The summed E-state index contributed by atoms with van der Waals surface area (Å²) in [4.78, 5) is 48.6. The number of halogens is 2. The number of rotatable bonds is 6. The van der Waals surface area contributed by atoms with Crippen LogP contribution in [0.2, 0.25) is 5.02 Å². The molecule has 2 aliphatic rings. The van der Waals surface area contributed by atoms with Gasteiger partial charge in [-0.05, 0) is 0 Å². The second-order valence-corrected chi connectivity index (χ2v) is 10.6. The number of hydrogen-bond acceptors (Lipinski definition) is 9. The van der Waals surface area contributed by atoms with Gasteiger partial charge < -0.3 is 0 Å².